The van der Waals surface area contributed by atoms with Gasteiger partial charge in [0.25, 0.3) is 0 Å². The van der Waals surface area contributed by atoms with Crippen LogP contribution >= 0.6 is 0 Å². The van der Waals surface area contributed by atoms with Crippen molar-refractivity contribution < 1.29 is 14.3 Å². The van der Waals surface area contributed by atoms with Crippen LogP contribution in [0.25, 0.3) is 0 Å². The van der Waals surface area contributed by atoms with E-state index in [2.05, 4.69) is 5.32 Å². The zero-order valence-electron chi connectivity index (χ0n) is 11.4. The van der Waals surface area contributed by atoms with Crippen LogP contribution in [0.2, 0.25) is 0 Å². The molecule has 0 radical (unpaired) electrons. The normalized spacial score (nSPS) is 12.3. The molecule has 0 rings (SSSR count). The average Bonchev–Trinajstić information content (AvgIpc) is 2.09. The van der Waals surface area contributed by atoms with Gasteiger partial charge in [-0.2, -0.15) is 0 Å². The molecule has 0 aromatic heterocycles. The third kappa shape index (κ3) is 7.74. The van der Waals surface area contributed by atoms with Gasteiger partial charge in [-0.15, -0.1) is 0 Å². The van der Waals surface area contributed by atoms with Crippen LogP contribution in [0.1, 0.15) is 41.0 Å². The third-order valence-corrected chi connectivity index (χ3v) is 2.16. The molecule has 0 unspecified atom stereocenters. The Hall–Kier alpha value is -1.10. The first-order valence-corrected chi connectivity index (χ1v) is 5.77. The predicted octanol–water partition coefficient (Wildman–Crippen LogP) is 0.819. The predicted molar refractivity (Wildman–Crippen MR) is 66.3 cm³/mol. The van der Waals surface area contributed by atoms with Gasteiger partial charge in [-0.25, -0.2) is 0 Å². The monoisotopic (exact) mass is 244 g/mol. The van der Waals surface area contributed by atoms with Crippen molar-refractivity contribution in [3.05, 3.63) is 0 Å². The lowest BCUT2D eigenvalue weighted by Crippen LogP contribution is -2.41. The molecule has 0 spiro atoms. The molecular weight excluding hydrogens is 220 g/mol. The first kappa shape index (κ1) is 15.9. The molecule has 0 aromatic rings. The zero-order chi connectivity index (χ0) is 13.7. The summed E-state index contributed by atoms with van der Waals surface area (Å²) in [6.45, 7) is 9.93. The number of rotatable bonds is 6. The summed E-state index contributed by atoms with van der Waals surface area (Å²) < 4.78 is 5.15. The van der Waals surface area contributed by atoms with Crippen LogP contribution in [0, 0.1) is 5.41 Å². The van der Waals surface area contributed by atoms with E-state index < -0.39 is 11.0 Å². The quantitative estimate of drug-likeness (QED) is 0.535. The lowest BCUT2D eigenvalue weighted by atomic mass is 9.93. The van der Waals surface area contributed by atoms with Crippen molar-refractivity contribution >= 4 is 11.9 Å². The van der Waals surface area contributed by atoms with Crippen molar-refractivity contribution in [1.29, 1.82) is 0 Å². The first-order chi connectivity index (χ1) is 7.54. The summed E-state index contributed by atoms with van der Waals surface area (Å²) in [4.78, 5) is 22.4. The Bertz CT molecular complexity index is 280. The van der Waals surface area contributed by atoms with E-state index in [1.54, 1.807) is 13.8 Å². The third-order valence-electron chi connectivity index (χ3n) is 2.16. The Kier molecular flexibility index (Phi) is 5.61. The number of primary amides is 1. The fraction of sp³-hybridized carbons (Fsp3) is 0.833. The first-order valence-electron chi connectivity index (χ1n) is 5.77. The van der Waals surface area contributed by atoms with Gasteiger partial charge < -0.3 is 15.8 Å². The molecule has 0 aromatic carbocycles. The topological polar surface area (TPSA) is 81.4 Å². The summed E-state index contributed by atoms with van der Waals surface area (Å²) in [6, 6.07) is 0. The van der Waals surface area contributed by atoms with Crippen molar-refractivity contribution in [2.75, 3.05) is 13.1 Å². The number of esters is 1. The standard InChI is InChI=1S/C12H24N2O3/c1-11(2,3)17-9(15)6-7-14-8-12(4,5)10(13)16/h14H,6-8H2,1-5H3,(H2,13,16). The summed E-state index contributed by atoms with van der Waals surface area (Å²) in [7, 11) is 0. The second-order valence-corrected chi connectivity index (χ2v) is 5.76. The molecule has 17 heavy (non-hydrogen) atoms. The molecule has 0 bridgehead atoms. The Morgan fingerprint density at radius 1 is 1.18 bits per heavy atom. The van der Waals surface area contributed by atoms with Crippen LogP contribution in [-0.4, -0.2) is 30.6 Å². The molecule has 0 aliphatic heterocycles. The molecular formula is C12H24N2O3. The van der Waals surface area contributed by atoms with Gasteiger partial charge in [0.1, 0.15) is 5.60 Å². The van der Waals surface area contributed by atoms with Gasteiger partial charge in [0, 0.05) is 13.1 Å². The minimum absolute atomic E-state index is 0.248. The van der Waals surface area contributed by atoms with Crippen LogP contribution in [0.5, 0.6) is 0 Å². The molecule has 100 valence electrons. The van der Waals surface area contributed by atoms with E-state index in [0.717, 1.165) is 0 Å². The SMILES string of the molecule is CC(C)(C)OC(=O)CCNCC(C)(C)C(N)=O. The fourth-order valence-corrected chi connectivity index (χ4v) is 1.07. The van der Waals surface area contributed by atoms with Gasteiger partial charge in [0.2, 0.25) is 5.91 Å². The van der Waals surface area contributed by atoms with E-state index in [1.165, 1.54) is 0 Å². The maximum absolute atomic E-state index is 11.4. The Balaban J connectivity index is 3.80. The molecule has 0 aliphatic carbocycles. The van der Waals surface area contributed by atoms with Gasteiger partial charge in [-0.05, 0) is 34.6 Å². The lowest BCUT2D eigenvalue weighted by molar-refractivity contribution is -0.154. The summed E-state index contributed by atoms with van der Waals surface area (Å²) >= 11 is 0. The molecule has 1 amide bonds. The second-order valence-electron chi connectivity index (χ2n) is 5.76. The number of carbonyl (C=O) groups is 2. The maximum atomic E-state index is 11.4. The van der Waals surface area contributed by atoms with Crippen LogP contribution in [0.15, 0.2) is 0 Å². The minimum atomic E-state index is -0.603. The van der Waals surface area contributed by atoms with Crippen molar-refractivity contribution in [2.45, 2.75) is 46.6 Å². The summed E-state index contributed by atoms with van der Waals surface area (Å²) in [5.41, 5.74) is 4.17. The number of hydrogen-bond acceptors (Lipinski definition) is 4. The van der Waals surface area contributed by atoms with Gasteiger partial charge >= 0.3 is 5.97 Å². The van der Waals surface area contributed by atoms with Crippen molar-refractivity contribution in [3.63, 3.8) is 0 Å². The molecule has 0 fully saturated rings. The van der Waals surface area contributed by atoms with E-state index in [4.69, 9.17) is 10.5 Å². The fourth-order valence-electron chi connectivity index (χ4n) is 1.07. The molecule has 0 saturated carbocycles. The maximum Gasteiger partial charge on any atom is 0.307 e. The molecule has 0 aliphatic rings. The van der Waals surface area contributed by atoms with E-state index in [9.17, 15) is 9.59 Å². The van der Waals surface area contributed by atoms with Crippen LogP contribution < -0.4 is 11.1 Å². The Labute approximate surface area is 103 Å². The zero-order valence-corrected chi connectivity index (χ0v) is 11.4. The molecule has 0 atom stereocenters. The smallest absolute Gasteiger partial charge is 0.307 e. The number of nitrogens with two attached hydrogens (primary N) is 1. The minimum Gasteiger partial charge on any atom is -0.460 e. The van der Waals surface area contributed by atoms with Crippen LogP contribution in [0.3, 0.4) is 0 Å². The Morgan fingerprint density at radius 2 is 1.71 bits per heavy atom. The highest BCUT2D eigenvalue weighted by molar-refractivity contribution is 5.80. The van der Waals surface area contributed by atoms with Crippen LogP contribution in [-0.2, 0) is 14.3 Å². The van der Waals surface area contributed by atoms with Crippen LogP contribution in [0.4, 0.5) is 0 Å². The molecule has 0 saturated heterocycles. The number of hydrogen-bond donors (Lipinski definition) is 2. The molecule has 5 heteroatoms. The van der Waals surface area contributed by atoms with Gasteiger partial charge in [-0.1, -0.05) is 0 Å². The highest BCUT2D eigenvalue weighted by Crippen LogP contribution is 2.12. The average molecular weight is 244 g/mol. The highest BCUT2D eigenvalue weighted by atomic mass is 16.6. The number of carbonyl (C=O) groups excluding carboxylic acids is 2. The number of ether oxygens (including phenoxy) is 1. The van der Waals surface area contributed by atoms with Gasteiger partial charge in [-0.3, -0.25) is 9.59 Å². The van der Waals surface area contributed by atoms with Gasteiger partial charge in [0.05, 0.1) is 11.8 Å². The summed E-state index contributed by atoms with van der Waals surface area (Å²) in [6.07, 6.45) is 0.284. The van der Waals surface area contributed by atoms with E-state index >= 15 is 0 Å². The second kappa shape index (κ2) is 6.00. The molecule has 3 N–H and O–H groups in total. The Morgan fingerprint density at radius 3 is 2.12 bits per heavy atom. The molecule has 5 nitrogen and oxygen atoms in total. The van der Waals surface area contributed by atoms with E-state index in [-0.39, 0.29) is 18.3 Å². The molecule has 0 heterocycles. The highest BCUT2D eigenvalue weighted by Gasteiger charge is 2.24. The van der Waals surface area contributed by atoms with E-state index in [0.29, 0.717) is 13.1 Å². The van der Waals surface area contributed by atoms with Crippen molar-refractivity contribution in [2.24, 2.45) is 11.1 Å². The van der Waals surface area contributed by atoms with Crippen molar-refractivity contribution in [3.8, 4) is 0 Å². The number of amides is 1. The van der Waals surface area contributed by atoms with Gasteiger partial charge in [0.15, 0.2) is 0 Å². The lowest BCUT2D eigenvalue weighted by Gasteiger charge is -2.22. The summed E-state index contributed by atoms with van der Waals surface area (Å²) in [5.74, 6) is -0.607. The summed E-state index contributed by atoms with van der Waals surface area (Å²) in [5, 5.41) is 3.02. The van der Waals surface area contributed by atoms with Crippen molar-refractivity contribution in [1.82, 2.24) is 5.32 Å². The van der Waals surface area contributed by atoms with E-state index in [1.807, 2.05) is 20.8 Å². The number of nitrogens with one attached hydrogen (secondary N) is 1. The largest absolute Gasteiger partial charge is 0.460 e.